The average molecular weight is 412 g/mol. The van der Waals surface area contributed by atoms with Gasteiger partial charge >= 0.3 is 11.6 Å². The summed E-state index contributed by atoms with van der Waals surface area (Å²) in [6.45, 7) is 5.29. The van der Waals surface area contributed by atoms with Crippen molar-refractivity contribution < 1.29 is 35.5 Å². The minimum absolute atomic E-state index is 0.0608. The zero-order valence-corrected chi connectivity index (χ0v) is 15.7. The second-order valence-corrected chi connectivity index (χ2v) is 9.05. The van der Waals surface area contributed by atoms with E-state index < -0.39 is 43.8 Å². The summed E-state index contributed by atoms with van der Waals surface area (Å²) in [6.07, 6.45) is -0.320. The number of sulfone groups is 1. The number of carbonyl (C=O) groups is 1. The van der Waals surface area contributed by atoms with Crippen molar-refractivity contribution in [1.29, 1.82) is 0 Å². The average Bonchev–Trinajstić information content (AvgIpc) is 2.92. The summed E-state index contributed by atoms with van der Waals surface area (Å²) in [7, 11) is -5.73. The molecule has 1 aliphatic heterocycles. The van der Waals surface area contributed by atoms with Crippen LogP contribution in [0.15, 0.2) is 23.1 Å². The lowest BCUT2D eigenvalue weighted by Crippen LogP contribution is -2.40. The van der Waals surface area contributed by atoms with E-state index in [0.717, 1.165) is 12.1 Å². The third kappa shape index (κ3) is 5.02. The number of carbonyl (C=O) groups excluding carboxylic acids is 1. The first kappa shape index (κ1) is 21.3. The maximum absolute atomic E-state index is 13.4. The van der Waals surface area contributed by atoms with E-state index >= 15 is 0 Å². The molecule has 1 aromatic rings. The van der Waals surface area contributed by atoms with Crippen LogP contribution in [0.3, 0.4) is 0 Å². The number of nitrogens with zero attached hydrogens (tertiary/aromatic N) is 1. The summed E-state index contributed by atoms with van der Waals surface area (Å²) >= 11 is 0. The molecule has 0 spiro atoms. The molecule has 2 rings (SSSR count). The number of ether oxygens (including phenoxy) is 1. The Balaban J connectivity index is 2.22. The van der Waals surface area contributed by atoms with Crippen molar-refractivity contribution >= 4 is 21.6 Å². The van der Waals surface area contributed by atoms with Gasteiger partial charge in [-0.05, 0) is 45.4 Å². The van der Waals surface area contributed by atoms with Crippen LogP contribution in [-0.2, 0) is 14.6 Å². The van der Waals surface area contributed by atoms with Crippen molar-refractivity contribution in [3.8, 4) is 0 Å². The van der Waals surface area contributed by atoms with Crippen molar-refractivity contribution in [3.05, 3.63) is 24.0 Å². The van der Waals surface area contributed by atoms with Gasteiger partial charge in [0.05, 0.1) is 11.7 Å². The lowest BCUT2D eigenvalue weighted by Gasteiger charge is -2.24. The topological polar surface area (TPSA) is 75.7 Å². The molecular weight excluding hydrogens is 392 g/mol. The Morgan fingerprint density at radius 2 is 1.89 bits per heavy atom. The van der Waals surface area contributed by atoms with Gasteiger partial charge in [0.15, 0.2) is 0 Å². The molecule has 27 heavy (non-hydrogen) atoms. The van der Waals surface area contributed by atoms with E-state index in [1.165, 1.54) is 4.90 Å². The Morgan fingerprint density at radius 1 is 1.26 bits per heavy atom. The number of rotatable bonds is 3. The van der Waals surface area contributed by atoms with E-state index in [4.69, 9.17) is 4.74 Å². The number of alkyl carbamates (subject to hydrolysis) is 1. The van der Waals surface area contributed by atoms with Gasteiger partial charge in [-0.3, -0.25) is 0 Å². The predicted molar refractivity (Wildman–Crippen MR) is 89.6 cm³/mol. The fourth-order valence-corrected chi connectivity index (χ4v) is 3.65. The van der Waals surface area contributed by atoms with Gasteiger partial charge in [-0.15, -0.1) is 0 Å². The van der Waals surface area contributed by atoms with Crippen LogP contribution in [0.25, 0.3) is 0 Å². The number of nitrogens with one attached hydrogen (secondary N) is 1. The summed E-state index contributed by atoms with van der Waals surface area (Å²) < 4.78 is 80.9. The smallest absolute Gasteiger partial charge is 0.444 e. The zero-order chi connectivity index (χ0) is 20.6. The molecule has 11 heteroatoms. The Morgan fingerprint density at radius 3 is 2.44 bits per heavy atom. The van der Waals surface area contributed by atoms with Gasteiger partial charge in [0.25, 0.3) is 9.84 Å². The number of hydrogen-bond acceptors (Lipinski definition) is 5. The number of amides is 1. The zero-order valence-electron chi connectivity index (χ0n) is 14.9. The number of benzene rings is 1. The van der Waals surface area contributed by atoms with Gasteiger partial charge in [-0.25, -0.2) is 17.6 Å². The van der Waals surface area contributed by atoms with Crippen LogP contribution in [0, 0.1) is 5.82 Å². The predicted octanol–water partition coefficient (Wildman–Crippen LogP) is 3.22. The van der Waals surface area contributed by atoms with Crippen molar-refractivity contribution in [2.45, 2.75) is 49.2 Å². The van der Waals surface area contributed by atoms with E-state index in [0.29, 0.717) is 12.5 Å². The fourth-order valence-electron chi connectivity index (χ4n) is 2.66. The van der Waals surface area contributed by atoms with Gasteiger partial charge in [-0.2, -0.15) is 13.2 Å². The summed E-state index contributed by atoms with van der Waals surface area (Å²) in [6, 6.07) is 1.78. The first-order valence-corrected chi connectivity index (χ1v) is 9.54. The van der Waals surface area contributed by atoms with Crippen LogP contribution in [-0.4, -0.2) is 44.8 Å². The van der Waals surface area contributed by atoms with Crippen LogP contribution < -0.4 is 10.2 Å². The monoisotopic (exact) mass is 412 g/mol. The Kier molecular flexibility index (Phi) is 5.65. The molecule has 1 aromatic carbocycles. The van der Waals surface area contributed by atoms with Gasteiger partial charge in [0.2, 0.25) is 0 Å². The molecule has 0 bridgehead atoms. The maximum atomic E-state index is 13.4. The molecule has 1 heterocycles. The van der Waals surface area contributed by atoms with Crippen LogP contribution >= 0.6 is 0 Å². The normalized spacial score (nSPS) is 18.5. The van der Waals surface area contributed by atoms with Crippen molar-refractivity contribution in [1.82, 2.24) is 5.32 Å². The molecule has 1 unspecified atom stereocenters. The first-order chi connectivity index (χ1) is 12.2. The Bertz CT molecular complexity index is 819. The Labute approximate surface area is 154 Å². The van der Waals surface area contributed by atoms with Crippen molar-refractivity contribution in [2.75, 3.05) is 18.0 Å². The highest BCUT2D eigenvalue weighted by molar-refractivity contribution is 7.92. The number of alkyl halides is 3. The number of halogens is 4. The minimum atomic E-state index is -5.73. The van der Waals surface area contributed by atoms with E-state index in [-0.39, 0.29) is 18.8 Å². The van der Waals surface area contributed by atoms with E-state index in [2.05, 4.69) is 5.32 Å². The van der Waals surface area contributed by atoms with E-state index in [1.807, 2.05) is 0 Å². The third-order valence-electron chi connectivity index (χ3n) is 3.77. The van der Waals surface area contributed by atoms with Crippen LogP contribution in [0.4, 0.5) is 28.0 Å². The number of hydrogen-bond donors (Lipinski definition) is 1. The second-order valence-electron chi connectivity index (χ2n) is 7.14. The first-order valence-electron chi connectivity index (χ1n) is 8.06. The van der Waals surface area contributed by atoms with Crippen LogP contribution in [0.2, 0.25) is 0 Å². The molecule has 1 N–H and O–H groups in total. The standard InChI is InChI=1S/C16H20F4N2O4S/c1-15(2,3)26-14(23)21-11-6-7-22(9-11)12-5-4-10(17)8-13(12)27(24,25)16(18,19)20/h4-5,8,11H,6-7,9H2,1-3H3,(H,21,23). The molecule has 152 valence electrons. The molecule has 1 aliphatic rings. The van der Waals surface area contributed by atoms with Gasteiger partial charge in [-0.1, -0.05) is 0 Å². The third-order valence-corrected chi connectivity index (χ3v) is 5.28. The molecule has 0 aliphatic carbocycles. The van der Waals surface area contributed by atoms with Crippen molar-refractivity contribution in [3.63, 3.8) is 0 Å². The maximum Gasteiger partial charge on any atom is 0.501 e. The highest BCUT2D eigenvalue weighted by atomic mass is 32.2. The summed E-state index contributed by atoms with van der Waals surface area (Å²) in [5, 5.41) is 2.59. The SMILES string of the molecule is CC(C)(C)OC(=O)NC1CCN(c2ccc(F)cc2S(=O)(=O)C(F)(F)F)C1. The lowest BCUT2D eigenvalue weighted by molar-refractivity contribution is -0.0435. The quantitative estimate of drug-likeness (QED) is 0.772. The molecule has 6 nitrogen and oxygen atoms in total. The van der Waals surface area contributed by atoms with E-state index in [1.54, 1.807) is 20.8 Å². The molecule has 1 amide bonds. The summed E-state index contributed by atoms with van der Waals surface area (Å²) in [4.78, 5) is 12.0. The van der Waals surface area contributed by atoms with Gasteiger partial charge in [0, 0.05) is 13.1 Å². The highest BCUT2D eigenvalue weighted by Gasteiger charge is 2.48. The highest BCUT2D eigenvalue weighted by Crippen LogP contribution is 2.37. The molecule has 1 fully saturated rings. The second kappa shape index (κ2) is 7.17. The number of anilines is 1. The summed E-state index contributed by atoms with van der Waals surface area (Å²) in [5.74, 6) is -1.09. The lowest BCUT2D eigenvalue weighted by atomic mass is 10.2. The van der Waals surface area contributed by atoms with Crippen LogP contribution in [0.5, 0.6) is 0 Å². The minimum Gasteiger partial charge on any atom is -0.444 e. The van der Waals surface area contributed by atoms with Gasteiger partial charge in [0.1, 0.15) is 16.3 Å². The molecular formula is C16H20F4N2O4S. The Hall–Kier alpha value is -2.04. The fraction of sp³-hybridized carbons (Fsp3) is 0.562. The van der Waals surface area contributed by atoms with E-state index in [9.17, 15) is 30.8 Å². The summed E-state index contributed by atoms with van der Waals surface area (Å²) in [5.41, 5.74) is -6.53. The molecule has 1 atom stereocenters. The van der Waals surface area contributed by atoms with Crippen LogP contribution in [0.1, 0.15) is 27.2 Å². The molecule has 0 saturated carbocycles. The largest absolute Gasteiger partial charge is 0.501 e. The molecule has 1 saturated heterocycles. The van der Waals surface area contributed by atoms with Gasteiger partial charge < -0.3 is 15.0 Å². The molecule has 0 aromatic heterocycles. The molecule has 0 radical (unpaired) electrons. The van der Waals surface area contributed by atoms with Crippen molar-refractivity contribution in [2.24, 2.45) is 0 Å².